The van der Waals surface area contributed by atoms with E-state index in [2.05, 4.69) is 0 Å². The van der Waals surface area contributed by atoms with E-state index < -0.39 is 23.9 Å². The molecule has 0 bridgehead atoms. The van der Waals surface area contributed by atoms with Gasteiger partial charge < -0.3 is 10.2 Å². The molecule has 6 heteroatoms. The van der Waals surface area contributed by atoms with Gasteiger partial charge in [0, 0.05) is 5.88 Å². The second-order valence-electron chi connectivity index (χ2n) is 4.01. The summed E-state index contributed by atoms with van der Waals surface area (Å²) in [4.78, 5) is 0. The highest BCUT2D eigenvalue weighted by molar-refractivity contribution is 6.17. The first-order valence-corrected chi connectivity index (χ1v) is 5.91. The maximum absolute atomic E-state index is 12.7. The Morgan fingerprint density at radius 2 is 1.89 bits per heavy atom. The van der Waals surface area contributed by atoms with Crippen LogP contribution in [0.2, 0.25) is 0 Å². The van der Waals surface area contributed by atoms with E-state index in [1.54, 1.807) is 0 Å². The Hall–Kier alpha value is -0.780. The van der Waals surface area contributed by atoms with Crippen molar-refractivity contribution in [3.05, 3.63) is 34.9 Å². The summed E-state index contributed by atoms with van der Waals surface area (Å²) in [6, 6.07) is 3.52. The highest BCUT2D eigenvalue weighted by atomic mass is 35.5. The Morgan fingerprint density at radius 3 is 2.39 bits per heavy atom. The molecule has 0 spiro atoms. The molecule has 18 heavy (non-hydrogen) atoms. The van der Waals surface area contributed by atoms with Gasteiger partial charge in [0.2, 0.25) is 0 Å². The summed E-state index contributed by atoms with van der Waals surface area (Å²) < 4.78 is 38.0. The maximum Gasteiger partial charge on any atom is 0.416 e. The minimum atomic E-state index is -4.47. The fourth-order valence-electron chi connectivity index (χ4n) is 1.76. The molecule has 0 aliphatic carbocycles. The van der Waals surface area contributed by atoms with Gasteiger partial charge in [-0.15, -0.1) is 11.6 Å². The SMILES string of the molecule is Cc1c(C(O)C(O)CCCl)cccc1C(F)(F)F. The third-order valence-corrected chi connectivity index (χ3v) is 2.99. The van der Waals surface area contributed by atoms with E-state index in [0.29, 0.717) is 0 Å². The molecule has 0 radical (unpaired) electrons. The molecule has 1 aromatic rings. The fourth-order valence-corrected chi connectivity index (χ4v) is 1.98. The predicted molar refractivity (Wildman–Crippen MR) is 62.5 cm³/mol. The van der Waals surface area contributed by atoms with Crippen molar-refractivity contribution in [2.45, 2.75) is 31.7 Å². The van der Waals surface area contributed by atoms with Crippen LogP contribution in [0.4, 0.5) is 13.2 Å². The van der Waals surface area contributed by atoms with Crippen molar-refractivity contribution in [3.8, 4) is 0 Å². The first kappa shape index (κ1) is 15.3. The van der Waals surface area contributed by atoms with Crippen molar-refractivity contribution >= 4 is 11.6 Å². The first-order valence-electron chi connectivity index (χ1n) is 5.37. The summed E-state index contributed by atoms with van der Waals surface area (Å²) >= 11 is 5.42. The van der Waals surface area contributed by atoms with Crippen LogP contribution in [-0.2, 0) is 6.18 Å². The van der Waals surface area contributed by atoms with Crippen LogP contribution in [0.3, 0.4) is 0 Å². The van der Waals surface area contributed by atoms with Crippen LogP contribution < -0.4 is 0 Å². The van der Waals surface area contributed by atoms with Gasteiger partial charge in [-0.2, -0.15) is 13.2 Å². The van der Waals surface area contributed by atoms with Crippen LogP contribution in [0.15, 0.2) is 18.2 Å². The van der Waals surface area contributed by atoms with Crippen molar-refractivity contribution in [2.24, 2.45) is 0 Å². The van der Waals surface area contributed by atoms with E-state index in [1.165, 1.54) is 19.1 Å². The monoisotopic (exact) mass is 282 g/mol. The average Bonchev–Trinajstić information content (AvgIpc) is 2.27. The van der Waals surface area contributed by atoms with E-state index in [1.807, 2.05) is 0 Å². The Balaban J connectivity index is 3.11. The van der Waals surface area contributed by atoms with Gasteiger partial charge in [-0.1, -0.05) is 12.1 Å². The zero-order valence-electron chi connectivity index (χ0n) is 9.71. The maximum atomic E-state index is 12.7. The molecule has 1 rings (SSSR count). The van der Waals surface area contributed by atoms with Crippen molar-refractivity contribution in [2.75, 3.05) is 5.88 Å². The van der Waals surface area contributed by atoms with Crippen molar-refractivity contribution in [1.82, 2.24) is 0 Å². The minimum Gasteiger partial charge on any atom is -0.390 e. The van der Waals surface area contributed by atoms with Gasteiger partial charge in [0.1, 0.15) is 6.10 Å². The fraction of sp³-hybridized carbons (Fsp3) is 0.500. The number of hydrogen-bond acceptors (Lipinski definition) is 2. The molecule has 0 aliphatic heterocycles. The standard InChI is InChI=1S/C12H14ClF3O2/c1-7-8(11(18)10(17)5-6-13)3-2-4-9(7)12(14,15)16/h2-4,10-11,17-18H,5-6H2,1H3. The van der Waals surface area contributed by atoms with Crippen LogP contribution in [0, 0.1) is 6.92 Å². The van der Waals surface area contributed by atoms with Gasteiger partial charge in [0.05, 0.1) is 11.7 Å². The smallest absolute Gasteiger partial charge is 0.390 e. The Kier molecular flexibility index (Phi) is 5.01. The molecular weight excluding hydrogens is 269 g/mol. The molecule has 2 nitrogen and oxygen atoms in total. The van der Waals surface area contributed by atoms with Crippen LogP contribution in [0.5, 0.6) is 0 Å². The summed E-state index contributed by atoms with van der Waals surface area (Å²) in [5.41, 5.74) is -0.814. The highest BCUT2D eigenvalue weighted by Crippen LogP contribution is 2.35. The van der Waals surface area contributed by atoms with Crippen molar-refractivity contribution in [1.29, 1.82) is 0 Å². The van der Waals surface area contributed by atoms with E-state index in [-0.39, 0.29) is 23.4 Å². The van der Waals surface area contributed by atoms with Gasteiger partial charge in [0.15, 0.2) is 0 Å². The molecule has 0 saturated heterocycles. The number of hydrogen-bond donors (Lipinski definition) is 2. The molecule has 2 unspecified atom stereocenters. The molecule has 0 amide bonds. The van der Waals surface area contributed by atoms with E-state index >= 15 is 0 Å². The lowest BCUT2D eigenvalue weighted by Gasteiger charge is -2.21. The third kappa shape index (κ3) is 3.37. The topological polar surface area (TPSA) is 40.5 Å². The molecule has 1 aromatic carbocycles. The predicted octanol–water partition coefficient (Wildman–Crippen LogP) is 3.04. The molecule has 102 valence electrons. The summed E-state index contributed by atoms with van der Waals surface area (Å²) in [7, 11) is 0. The second kappa shape index (κ2) is 5.91. The summed E-state index contributed by atoms with van der Waals surface area (Å²) in [5, 5.41) is 19.4. The van der Waals surface area contributed by atoms with Gasteiger partial charge in [-0.3, -0.25) is 0 Å². The Labute approximate surface area is 108 Å². The number of aliphatic hydroxyl groups is 2. The summed E-state index contributed by atoms with van der Waals surface area (Å²) in [5.74, 6) is 0.121. The number of rotatable bonds is 4. The van der Waals surface area contributed by atoms with Gasteiger partial charge >= 0.3 is 6.18 Å². The number of benzene rings is 1. The summed E-state index contributed by atoms with van der Waals surface area (Å²) in [6.07, 6.45) is -6.91. The van der Waals surface area contributed by atoms with Crippen LogP contribution >= 0.6 is 11.6 Å². The summed E-state index contributed by atoms with van der Waals surface area (Å²) in [6.45, 7) is 1.27. The van der Waals surface area contributed by atoms with Crippen LogP contribution in [0.25, 0.3) is 0 Å². The lowest BCUT2D eigenvalue weighted by Crippen LogP contribution is -2.21. The largest absolute Gasteiger partial charge is 0.416 e. The first-order chi connectivity index (χ1) is 8.29. The zero-order valence-corrected chi connectivity index (χ0v) is 10.5. The van der Waals surface area contributed by atoms with E-state index in [4.69, 9.17) is 11.6 Å². The van der Waals surface area contributed by atoms with E-state index in [0.717, 1.165) is 6.07 Å². The zero-order chi connectivity index (χ0) is 13.9. The second-order valence-corrected chi connectivity index (χ2v) is 4.39. The van der Waals surface area contributed by atoms with Crippen molar-refractivity contribution in [3.63, 3.8) is 0 Å². The molecule has 0 saturated carbocycles. The quantitative estimate of drug-likeness (QED) is 0.834. The molecule has 0 heterocycles. The lowest BCUT2D eigenvalue weighted by atomic mass is 9.94. The highest BCUT2D eigenvalue weighted by Gasteiger charge is 2.34. The van der Waals surface area contributed by atoms with Crippen molar-refractivity contribution < 1.29 is 23.4 Å². The Morgan fingerprint density at radius 1 is 1.28 bits per heavy atom. The average molecular weight is 283 g/mol. The lowest BCUT2D eigenvalue weighted by molar-refractivity contribution is -0.138. The molecular formula is C12H14ClF3O2. The molecule has 2 atom stereocenters. The normalized spacial score (nSPS) is 15.5. The van der Waals surface area contributed by atoms with Gasteiger partial charge in [0.25, 0.3) is 0 Å². The number of alkyl halides is 4. The Bertz CT molecular complexity index is 407. The van der Waals surface area contributed by atoms with E-state index in [9.17, 15) is 23.4 Å². The molecule has 0 aromatic heterocycles. The minimum absolute atomic E-state index is 0.0717. The molecule has 0 aliphatic rings. The number of halogens is 4. The van der Waals surface area contributed by atoms with Gasteiger partial charge in [-0.25, -0.2) is 0 Å². The van der Waals surface area contributed by atoms with Gasteiger partial charge in [-0.05, 0) is 30.5 Å². The van der Waals surface area contributed by atoms with Crippen LogP contribution in [-0.4, -0.2) is 22.2 Å². The van der Waals surface area contributed by atoms with Crippen LogP contribution in [0.1, 0.15) is 29.2 Å². The molecule has 2 N–H and O–H groups in total. The molecule has 0 fully saturated rings. The third-order valence-electron chi connectivity index (χ3n) is 2.77. The number of aliphatic hydroxyl groups excluding tert-OH is 2.